The van der Waals surface area contributed by atoms with Crippen LogP contribution in [0.15, 0.2) is 4.13 Å². The third-order valence-electron chi connectivity index (χ3n) is 0.564. The van der Waals surface area contributed by atoms with Gasteiger partial charge in [-0.15, -0.1) is 4.13 Å². The van der Waals surface area contributed by atoms with Crippen LogP contribution >= 0.6 is 7.59 Å². The van der Waals surface area contributed by atoms with Gasteiger partial charge in [-0.05, 0) is 13.8 Å². The lowest BCUT2D eigenvalue weighted by molar-refractivity contribution is 0.558. The van der Waals surface area contributed by atoms with Crippen molar-refractivity contribution in [1.82, 2.24) is 5.09 Å². The fourth-order valence-corrected chi connectivity index (χ4v) is 1.32. The van der Waals surface area contributed by atoms with Crippen molar-refractivity contribution in [3.05, 3.63) is 0 Å². The van der Waals surface area contributed by atoms with E-state index in [0.29, 0.717) is 0 Å². The first-order valence-electron chi connectivity index (χ1n) is 2.49. The second-order valence-electron chi connectivity index (χ2n) is 1.99. The molecule has 0 aliphatic rings. The van der Waals surface area contributed by atoms with E-state index in [1.165, 1.54) is 0 Å². The van der Waals surface area contributed by atoms with E-state index in [1.54, 1.807) is 0 Å². The summed E-state index contributed by atoms with van der Waals surface area (Å²) in [7, 11) is -3.04. The standard InChI is InChI=1S/C3H10N3OPS/c1-3(2)5-8(4,7)6-9/h3H,1-2H3,(H3,4,5,7). The summed E-state index contributed by atoms with van der Waals surface area (Å²) in [6.07, 6.45) is 0. The van der Waals surface area contributed by atoms with E-state index in [2.05, 4.69) is 21.6 Å². The van der Waals surface area contributed by atoms with Crippen LogP contribution in [0, 0.1) is 0 Å². The number of nitrogens with one attached hydrogen (secondary N) is 1. The topological polar surface area (TPSA) is 67.5 Å². The highest BCUT2D eigenvalue weighted by Crippen LogP contribution is 2.31. The van der Waals surface area contributed by atoms with Gasteiger partial charge in [-0.2, -0.15) is 0 Å². The molecule has 0 aromatic rings. The Morgan fingerprint density at radius 3 is 2.33 bits per heavy atom. The molecule has 3 N–H and O–H groups in total. The van der Waals surface area contributed by atoms with Crippen LogP contribution in [-0.2, 0) is 17.0 Å². The molecule has 0 saturated heterocycles. The molecule has 0 rings (SSSR count). The molecule has 0 saturated carbocycles. The Hall–Kier alpha value is 0.170. The lowest BCUT2D eigenvalue weighted by Crippen LogP contribution is -2.21. The summed E-state index contributed by atoms with van der Waals surface area (Å²) in [6, 6.07) is 0.0486. The normalized spacial score (nSPS) is 17.3. The minimum absolute atomic E-state index is 0.0486. The molecular weight excluding hydrogens is 157 g/mol. The van der Waals surface area contributed by atoms with Gasteiger partial charge in [0.05, 0.1) is 0 Å². The smallest absolute Gasteiger partial charge is 0.261 e. The minimum Gasteiger partial charge on any atom is -0.261 e. The predicted molar refractivity (Wildman–Crippen MR) is 39.9 cm³/mol. The van der Waals surface area contributed by atoms with Crippen LogP contribution in [0.5, 0.6) is 0 Å². The van der Waals surface area contributed by atoms with Gasteiger partial charge in [0.1, 0.15) is 0 Å². The van der Waals surface area contributed by atoms with Crippen molar-refractivity contribution < 1.29 is 4.57 Å². The highest BCUT2D eigenvalue weighted by molar-refractivity contribution is 7.66. The molecule has 0 aromatic heterocycles. The van der Waals surface area contributed by atoms with Crippen LogP contribution in [0.3, 0.4) is 0 Å². The molecule has 6 heteroatoms. The summed E-state index contributed by atoms with van der Waals surface area (Å²) < 4.78 is 13.9. The van der Waals surface area contributed by atoms with Gasteiger partial charge < -0.3 is 0 Å². The Morgan fingerprint density at radius 1 is 1.78 bits per heavy atom. The van der Waals surface area contributed by atoms with Crippen molar-refractivity contribution in [1.29, 1.82) is 0 Å². The quantitative estimate of drug-likeness (QED) is 0.609. The Balaban J connectivity index is 3.88. The lowest BCUT2D eigenvalue weighted by Gasteiger charge is -2.09. The molecule has 1 unspecified atom stereocenters. The molecule has 0 fully saturated rings. The van der Waals surface area contributed by atoms with Gasteiger partial charge in [0, 0.05) is 18.5 Å². The summed E-state index contributed by atoms with van der Waals surface area (Å²) in [4.78, 5) is 0. The maximum atomic E-state index is 10.8. The predicted octanol–water partition coefficient (Wildman–Crippen LogP) is 0.782. The number of nitrogens with two attached hydrogens (primary N) is 1. The maximum absolute atomic E-state index is 10.8. The molecular formula is C3H10N3OPS. The van der Waals surface area contributed by atoms with E-state index in [1.807, 2.05) is 13.8 Å². The van der Waals surface area contributed by atoms with Gasteiger partial charge in [0.2, 0.25) is 0 Å². The van der Waals surface area contributed by atoms with E-state index in [-0.39, 0.29) is 6.04 Å². The van der Waals surface area contributed by atoms with Crippen molar-refractivity contribution >= 4 is 20.0 Å². The van der Waals surface area contributed by atoms with Gasteiger partial charge in [-0.3, -0.25) is 4.57 Å². The molecule has 9 heavy (non-hydrogen) atoms. The van der Waals surface area contributed by atoms with Gasteiger partial charge >= 0.3 is 7.59 Å². The Labute approximate surface area is 59.9 Å². The first-order chi connectivity index (χ1) is 3.98. The minimum atomic E-state index is -3.04. The van der Waals surface area contributed by atoms with Crippen molar-refractivity contribution in [2.45, 2.75) is 19.9 Å². The fraction of sp³-hybridized carbons (Fsp3) is 1.00. The third kappa shape index (κ3) is 4.66. The molecule has 54 valence electrons. The molecule has 0 radical (unpaired) electrons. The average Bonchev–Trinajstić information content (AvgIpc) is 1.63. The van der Waals surface area contributed by atoms with E-state index in [0.717, 1.165) is 0 Å². The van der Waals surface area contributed by atoms with Gasteiger partial charge in [-0.1, -0.05) is 0 Å². The monoisotopic (exact) mass is 167 g/mol. The molecule has 0 aliphatic carbocycles. The molecule has 0 amide bonds. The van der Waals surface area contributed by atoms with E-state index in [9.17, 15) is 4.57 Å². The number of hydrogen-bond acceptors (Lipinski definition) is 2. The molecule has 1 atom stereocenters. The number of rotatable bonds is 3. The fourth-order valence-electron chi connectivity index (χ4n) is 0.394. The summed E-state index contributed by atoms with van der Waals surface area (Å²) in [5.41, 5.74) is 5.09. The average molecular weight is 167 g/mol. The van der Waals surface area contributed by atoms with Crippen LogP contribution < -0.4 is 10.6 Å². The summed E-state index contributed by atoms with van der Waals surface area (Å²) in [6.45, 7) is 3.64. The maximum Gasteiger partial charge on any atom is 0.332 e. The summed E-state index contributed by atoms with van der Waals surface area (Å²) in [5, 5.41) is 2.53. The van der Waals surface area contributed by atoms with E-state index < -0.39 is 7.59 Å². The number of nitrogens with zero attached hydrogens (tertiary/aromatic N) is 1. The Kier molecular flexibility index (Phi) is 3.43. The van der Waals surface area contributed by atoms with E-state index >= 15 is 0 Å². The van der Waals surface area contributed by atoms with Crippen LogP contribution in [0.4, 0.5) is 0 Å². The Bertz CT molecular complexity index is 148. The molecule has 4 nitrogen and oxygen atoms in total. The SMILES string of the molecule is CC(C)NP(N)(=O)N=S. The second-order valence-corrected chi connectivity index (χ2v) is 4.15. The van der Waals surface area contributed by atoms with Crippen LogP contribution in [0.2, 0.25) is 0 Å². The van der Waals surface area contributed by atoms with Crippen molar-refractivity contribution in [3.8, 4) is 0 Å². The molecule has 0 bridgehead atoms. The largest absolute Gasteiger partial charge is 0.332 e. The highest BCUT2D eigenvalue weighted by Gasteiger charge is 2.13. The van der Waals surface area contributed by atoms with Crippen molar-refractivity contribution in [2.75, 3.05) is 0 Å². The number of hydrogen-bond donors (Lipinski definition) is 2. The van der Waals surface area contributed by atoms with Crippen molar-refractivity contribution in [3.63, 3.8) is 0 Å². The molecule has 0 aromatic carbocycles. The molecule has 0 heterocycles. The Morgan fingerprint density at radius 2 is 2.22 bits per heavy atom. The molecule has 0 spiro atoms. The van der Waals surface area contributed by atoms with Gasteiger partial charge in [0.25, 0.3) is 0 Å². The van der Waals surface area contributed by atoms with E-state index in [4.69, 9.17) is 5.50 Å². The zero-order chi connectivity index (χ0) is 7.49. The first kappa shape index (κ1) is 9.17. The van der Waals surface area contributed by atoms with Crippen LogP contribution in [0.25, 0.3) is 0 Å². The summed E-state index contributed by atoms with van der Waals surface area (Å²) in [5.74, 6) is 0. The third-order valence-corrected chi connectivity index (χ3v) is 2.42. The summed E-state index contributed by atoms with van der Waals surface area (Å²) >= 11 is 4.18. The lowest BCUT2D eigenvalue weighted by atomic mass is 10.4. The van der Waals surface area contributed by atoms with Crippen molar-refractivity contribution in [2.24, 2.45) is 9.64 Å². The first-order valence-corrected chi connectivity index (χ1v) is 4.58. The second kappa shape index (κ2) is 3.37. The highest BCUT2D eigenvalue weighted by atomic mass is 32.1. The van der Waals surface area contributed by atoms with Crippen LogP contribution in [-0.4, -0.2) is 6.04 Å². The zero-order valence-corrected chi connectivity index (χ0v) is 7.08. The molecule has 0 aliphatic heterocycles. The van der Waals surface area contributed by atoms with Gasteiger partial charge in [0.15, 0.2) is 0 Å². The zero-order valence-electron chi connectivity index (χ0n) is 5.37. The van der Waals surface area contributed by atoms with Gasteiger partial charge in [-0.25, -0.2) is 10.6 Å². The van der Waals surface area contributed by atoms with Crippen LogP contribution in [0.1, 0.15) is 13.8 Å².